The Hall–Kier alpha value is -2.19. The van der Waals surface area contributed by atoms with Gasteiger partial charge < -0.3 is 5.32 Å². The Morgan fingerprint density at radius 1 is 0.920 bits per heavy atom. The van der Waals surface area contributed by atoms with Gasteiger partial charge in [-0.3, -0.25) is 4.79 Å². The summed E-state index contributed by atoms with van der Waals surface area (Å²) in [4.78, 5) is 12.3. The highest BCUT2D eigenvalue weighted by atomic mass is 32.2. The van der Waals surface area contributed by atoms with E-state index in [1.165, 1.54) is 24.5 Å². The molecular formula is C17H19NO5S2. The molecule has 1 N–H and O–H groups in total. The minimum absolute atomic E-state index is 0.0298. The monoisotopic (exact) mass is 381 g/mol. The van der Waals surface area contributed by atoms with E-state index in [0.717, 1.165) is 11.8 Å². The highest BCUT2D eigenvalue weighted by Gasteiger charge is 2.11. The van der Waals surface area contributed by atoms with Gasteiger partial charge in [-0.25, -0.2) is 16.8 Å². The normalized spacial score (nSPS) is 11.9. The van der Waals surface area contributed by atoms with Gasteiger partial charge in [0.2, 0.25) is 0 Å². The number of benzene rings is 2. The maximum atomic E-state index is 12.2. The van der Waals surface area contributed by atoms with Crippen molar-refractivity contribution in [1.82, 2.24) is 5.32 Å². The Bertz CT molecular complexity index is 978. The van der Waals surface area contributed by atoms with Crippen molar-refractivity contribution in [2.24, 2.45) is 0 Å². The van der Waals surface area contributed by atoms with Crippen LogP contribution >= 0.6 is 0 Å². The van der Waals surface area contributed by atoms with E-state index in [1.54, 1.807) is 30.3 Å². The third kappa shape index (κ3) is 5.99. The number of nitrogens with one attached hydrogen (secondary N) is 1. The second kappa shape index (κ2) is 7.37. The second-order valence-corrected chi connectivity index (χ2v) is 10.0. The molecule has 0 aliphatic carbocycles. The second-order valence-electron chi connectivity index (χ2n) is 5.87. The van der Waals surface area contributed by atoms with Crippen LogP contribution in [0, 0.1) is 0 Å². The van der Waals surface area contributed by atoms with Crippen molar-refractivity contribution in [3.63, 3.8) is 0 Å². The summed E-state index contributed by atoms with van der Waals surface area (Å²) in [6, 6.07) is 12.7. The number of carbonyl (C=O) groups is 1. The van der Waals surface area contributed by atoms with Crippen LogP contribution < -0.4 is 5.32 Å². The molecule has 0 spiro atoms. The quantitative estimate of drug-likeness (QED) is 0.819. The maximum absolute atomic E-state index is 12.2. The molecule has 0 unspecified atom stereocenters. The number of carbonyl (C=O) groups excluding carboxylic acids is 1. The fourth-order valence-electron chi connectivity index (χ4n) is 2.21. The highest BCUT2D eigenvalue weighted by Crippen LogP contribution is 2.12. The van der Waals surface area contributed by atoms with Gasteiger partial charge in [0.05, 0.1) is 10.6 Å². The van der Waals surface area contributed by atoms with Crippen LogP contribution in [0.4, 0.5) is 0 Å². The van der Waals surface area contributed by atoms with E-state index >= 15 is 0 Å². The van der Waals surface area contributed by atoms with Crippen LogP contribution in [0.5, 0.6) is 0 Å². The summed E-state index contributed by atoms with van der Waals surface area (Å²) in [6.07, 6.45) is 2.26. The molecule has 0 atom stereocenters. The first kappa shape index (κ1) is 19.1. The van der Waals surface area contributed by atoms with Crippen LogP contribution in [0.25, 0.3) is 0 Å². The lowest BCUT2D eigenvalue weighted by Crippen LogP contribution is -2.23. The Morgan fingerprint density at radius 3 is 2.08 bits per heavy atom. The van der Waals surface area contributed by atoms with Crippen LogP contribution in [0.3, 0.4) is 0 Å². The number of rotatable bonds is 6. The number of amides is 1. The van der Waals surface area contributed by atoms with Gasteiger partial charge in [0.1, 0.15) is 0 Å². The fourth-order valence-corrected chi connectivity index (χ4v) is 3.67. The van der Waals surface area contributed by atoms with Crippen molar-refractivity contribution in [2.75, 3.05) is 12.5 Å². The van der Waals surface area contributed by atoms with Crippen molar-refractivity contribution >= 4 is 25.6 Å². The summed E-state index contributed by atoms with van der Waals surface area (Å²) in [7, 11) is -6.46. The van der Waals surface area contributed by atoms with E-state index in [1.807, 2.05) is 0 Å². The maximum Gasteiger partial charge on any atom is 0.251 e. The zero-order valence-corrected chi connectivity index (χ0v) is 15.5. The zero-order valence-electron chi connectivity index (χ0n) is 13.9. The Kier molecular flexibility index (Phi) is 5.64. The van der Waals surface area contributed by atoms with Gasteiger partial charge in [0.15, 0.2) is 19.7 Å². The van der Waals surface area contributed by atoms with Crippen molar-refractivity contribution in [3.05, 3.63) is 65.2 Å². The van der Waals surface area contributed by atoms with E-state index in [4.69, 9.17) is 0 Å². The molecule has 0 aliphatic rings. The van der Waals surface area contributed by atoms with Crippen LogP contribution in [0.2, 0.25) is 0 Å². The molecule has 134 valence electrons. The number of hydrogen-bond donors (Lipinski definition) is 1. The predicted molar refractivity (Wildman–Crippen MR) is 95.7 cm³/mol. The molecule has 0 aliphatic heterocycles. The lowest BCUT2D eigenvalue weighted by molar-refractivity contribution is 0.0950. The zero-order chi connectivity index (χ0) is 18.7. The molecule has 0 radical (unpaired) electrons. The van der Waals surface area contributed by atoms with E-state index in [0.29, 0.717) is 5.56 Å². The van der Waals surface area contributed by atoms with Gasteiger partial charge in [-0.1, -0.05) is 30.3 Å². The lowest BCUT2D eigenvalue weighted by Gasteiger charge is -2.07. The summed E-state index contributed by atoms with van der Waals surface area (Å²) < 4.78 is 45.6. The number of sulfone groups is 2. The van der Waals surface area contributed by atoms with E-state index in [2.05, 4.69) is 5.32 Å². The summed E-state index contributed by atoms with van der Waals surface area (Å²) in [5.41, 5.74) is 1.75. The van der Waals surface area contributed by atoms with E-state index < -0.39 is 19.7 Å². The first-order chi connectivity index (χ1) is 11.5. The van der Waals surface area contributed by atoms with Crippen molar-refractivity contribution in [1.29, 1.82) is 0 Å². The molecule has 0 saturated heterocycles. The average molecular weight is 381 g/mol. The largest absolute Gasteiger partial charge is 0.348 e. The standard InChI is InChI=1S/C17H19NO5S2/c1-24(20,21)12-14-8-6-13(7-9-14)11-18-17(19)15-4-3-5-16(10-15)25(2,22)23/h3-10H,11-12H2,1-2H3,(H,18,19). The van der Waals surface area contributed by atoms with E-state index in [-0.39, 0.29) is 28.7 Å². The van der Waals surface area contributed by atoms with Crippen molar-refractivity contribution in [3.8, 4) is 0 Å². The minimum Gasteiger partial charge on any atom is -0.348 e. The molecule has 1 amide bonds. The molecule has 0 aromatic heterocycles. The molecule has 0 saturated carbocycles. The highest BCUT2D eigenvalue weighted by molar-refractivity contribution is 7.90. The first-order valence-electron chi connectivity index (χ1n) is 7.38. The van der Waals surface area contributed by atoms with Crippen LogP contribution in [0.1, 0.15) is 21.5 Å². The van der Waals surface area contributed by atoms with Crippen LogP contribution in [-0.4, -0.2) is 35.3 Å². The summed E-state index contributed by atoms with van der Waals surface area (Å²) in [6.45, 7) is 0.251. The summed E-state index contributed by atoms with van der Waals surface area (Å²) in [5, 5.41) is 2.71. The van der Waals surface area contributed by atoms with E-state index in [9.17, 15) is 21.6 Å². The van der Waals surface area contributed by atoms with Gasteiger partial charge >= 0.3 is 0 Å². The predicted octanol–water partition coefficient (Wildman–Crippen LogP) is 1.56. The lowest BCUT2D eigenvalue weighted by atomic mass is 10.1. The van der Waals surface area contributed by atoms with Gasteiger partial charge in [-0.05, 0) is 29.3 Å². The number of hydrogen-bond acceptors (Lipinski definition) is 5. The minimum atomic E-state index is -3.37. The molecule has 25 heavy (non-hydrogen) atoms. The average Bonchev–Trinajstić information content (AvgIpc) is 2.52. The molecule has 6 nitrogen and oxygen atoms in total. The Labute approximate surface area is 147 Å². The van der Waals surface area contributed by atoms with Gasteiger partial charge in [0, 0.05) is 24.6 Å². The fraction of sp³-hybridized carbons (Fsp3) is 0.235. The third-order valence-corrected chi connectivity index (χ3v) is 5.40. The molecule has 2 aromatic rings. The molecule has 0 bridgehead atoms. The molecule has 0 fully saturated rings. The summed E-state index contributed by atoms with van der Waals surface area (Å²) >= 11 is 0. The van der Waals surface area contributed by atoms with Gasteiger partial charge in [-0.15, -0.1) is 0 Å². The molecule has 8 heteroatoms. The third-order valence-electron chi connectivity index (χ3n) is 3.43. The van der Waals surface area contributed by atoms with Gasteiger partial charge in [0.25, 0.3) is 5.91 Å². The molecular weight excluding hydrogens is 362 g/mol. The Balaban J connectivity index is 2.03. The topological polar surface area (TPSA) is 97.4 Å². The van der Waals surface area contributed by atoms with Crippen molar-refractivity contribution in [2.45, 2.75) is 17.2 Å². The molecule has 2 rings (SSSR count). The van der Waals surface area contributed by atoms with Crippen LogP contribution in [-0.2, 0) is 32.0 Å². The van der Waals surface area contributed by atoms with Crippen LogP contribution in [0.15, 0.2) is 53.4 Å². The Morgan fingerprint density at radius 2 is 1.52 bits per heavy atom. The van der Waals surface area contributed by atoms with Crippen molar-refractivity contribution < 1.29 is 21.6 Å². The molecule has 2 aromatic carbocycles. The first-order valence-corrected chi connectivity index (χ1v) is 11.3. The smallest absolute Gasteiger partial charge is 0.251 e. The van der Waals surface area contributed by atoms with Gasteiger partial charge in [-0.2, -0.15) is 0 Å². The molecule has 0 heterocycles. The summed E-state index contributed by atoms with van der Waals surface area (Å²) in [5.74, 6) is -0.413. The SMILES string of the molecule is CS(=O)(=O)Cc1ccc(CNC(=O)c2cccc(S(C)(=O)=O)c2)cc1.